The van der Waals surface area contributed by atoms with Gasteiger partial charge < -0.3 is 14.7 Å². The van der Waals surface area contributed by atoms with Gasteiger partial charge in [0.25, 0.3) is 5.91 Å². The summed E-state index contributed by atoms with van der Waals surface area (Å²) < 4.78 is 5.41. The average Bonchev–Trinajstić information content (AvgIpc) is 2.36. The average molecular weight is 261 g/mol. The second-order valence-corrected chi connectivity index (χ2v) is 4.52. The number of carbonyl (C=O) groups is 2. The number of ether oxygens (including phenoxy) is 1. The number of amides is 1. The molecule has 1 amide bonds. The molecule has 0 bridgehead atoms. The van der Waals surface area contributed by atoms with Crippen molar-refractivity contribution in [3.8, 4) is 5.75 Å². The van der Waals surface area contributed by atoms with E-state index >= 15 is 0 Å². The number of hydrogen-bond donors (Lipinski definition) is 1. The zero-order chi connectivity index (χ0) is 14.0. The van der Waals surface area contributed by atoms with Crippen LogP contribution in [0.1, 0.15) is 24.2 Å². The van der Waals surface area contributed by atoms with Crippen LogP contribution in [0.4, 0.5) is 5.69 Å². The molecule has 1 aromatic carbocycles. The van der Waals surface area contributed by atoms with E-state index < -0.39 is 5.97 Å². The summed E-state index contributed by atoms with van der Waals surface area (Å²) >= 11 is 0. The molecule has 0 unspecified atom stereocenters. The number of carboxylic acid groups (broad SMARTS) is 1. The van der Waals surface area contributed by atoms with Gasteiger partial charge in [0.2, 0.25) is 0 Å². The standard InChI is InChI=1S/C14H15NO4/c1-9(2)8-12(16)15-6-7-19-13-10(14(17)18)4-3-5-11(13)15/h3-5,8H,6-7H2,1-2H3,(H,17,18). The highest BCUT2D eigenvalue weighted by molar-refractivity contribution is 6.05. The molecule has 5 heteroatoms. The number of carboxylic acids is 1. The molecule has 19 heavy (non-hydrogen) atoms. The van der Waals surface area contributed by atoms with Crippen molar-refractivity contribution in [2.45, 2.75) is 13.8 Å². The summed E-state index contributed by atoms with van der Waals surface area (Å²) in [6, 6.07) is 4.77. The van der Waals surface area contributed by atoms with Crippen LogP contribution in [0.3, 0.4) is 0 Å². The van der Waals surface area contributed by atoms with Gasteiger partial charge in [-0.3, -0.25) is 4.79 Å². The number of nitrogens with zero attached hydrogens (tertiary/aromatic N) is 1. The van der Waals surface area contributed by atoms with Crippen molar-refractivity contribution >= 4 is 17.6 Å². The highest BCUT2D eigenvalue weighted by Crippen LogP contribution is 2.35. The third-order valence-electron chi connectivity index (χ3n) is 2.75. The Balaban J connectivity index is 2.46. The maximum atomic E-state index is 12.1. The Morgan fingerprint density at radius 1 is 1.37 bits per heavy atom. The number of para-hydroxylation sites is 1. The third kappa shape index (κ3) is 2.59. The molecule has 1 aromatic rings. The van der Waals surface area contributed by atoms with Crippen LogP contribution in [0.15, 0.2) is 29.8 Å². The zero-order valence-electron chi connectivity index (χ0n) is 10.8. The first-order valence-corrected chi connectivity index (χ1v) is 5.96. The molecule has 0 saturated heterocycles. The number of fused-ring (bicyclic) bond motifs is 1. The largest absolute Gasteiger partial charge is 0.489 e. The summed E-state index contributed by atoms with van der Waals surface area (Å²) in [5.74, 6) is -0.961. The first-order valence-electron chi connectivity index (χ1n) is 5.96. The lowest BCUT2D eigenvalue weighted by molar-refractivity contribution is -0.114. The van der Waals surface area contributed by atoms with E-state index in [1.54, 1.807) is 12.1 Å². The zero-order valence-corrected chi connectivity index (χ0v) is 10.8. The second-order valence-electron chi connectivity index (χ2n) is 4.52. The van der Waals surface area contributed by atoms with Crippen LogP contribution in [0.25, 0.3) is 0 Å². The molecule has 1 aliphatic heterocycles. The summed E-state index contributed by atoms with van der Waals surface area (Å²) in [6.07, 6.45) is 1.53. The van der Waals surface area contributed by atoms with Gasteiger partial charge in [-0.05, 0) is 26.0 Å². The van der Waals surface area contributed by atoms with E-state index in [0.717, 1.165) is 5.57 Å². The fourth-order valence-corrected chi connectivity index (χ4v) is 1.97. The summed E-state index contributed by atoms with van der Waals surface area (Å²) in [4.78, 5) is 24.8. The van der Waals surface area contributed by atoms with Gasteiger partial charge in [0.05, 0.1) is 12.2 Å². The molecule has 0 radical (unpaired) electrons. The Morgan fingerprint density at radius 2 is 2.11 bits per heavy atom. The van der Waals surface area contributed by atoms with Crippen LogP contribution < -0.4 is 9.64 Å². The van der Waals surface area contributed by atoms with Crippen molar-refractivity contribution < 1.29 is 19.4 Å². The molecule has 5 nitrogen and oxygen atoms in total. The molecule has 1 heterocycles. The Morgan fingerprint density at radius 3 is 2.74 bits per heavy atom. The smallest absolute Gasteiger partial charge is 0.339 e. The number of carbonyl (C=O) groups excluding carboxylic acids is 1. The number of allylic oxidation sites excluding steroid dienone is 1. The molecule has 0 aliphatic carbocycles. The van der Waals surface area contributed by atoms with Crippen molar-refractivity contribution in [2.24, 2.45) is 0 Å². The molecule has 100 valence electrons. The highest BCUT2D eigenvalue weighted by Gasteiger charge is 2.26. The molecule has 2 rings (SSSR count). The molecule has 0 spiro atoms. The quantitative estimate of drug-likeness (QED) is 0.828. The summed E-state index contributed by atoms with van der Waals surface area (Å²) in [5.41, 5.74) is 1.48. The van der Waals surface area contributed by atoms with Gasteiger partial charge in [-0.15, -0.1) is 0 Å². The Labute approximate surface area is 111 Å². The van der Waals surface area contributed by atoms with Gasteiger partial charge in [0.1, 0.15) is 12.2 Å². The van der Waals surface area contributed by atoms with Crippen molar-refractivity contribution in [3.63, 3.8) is 0 Å². The predicted octanol–water partition coefficient (Wildman–Crippen LogP) is 2.08. The van der Waals surface area contributed by atoms with Gasteiger partial charge in [-0.2, -0.15) is 0 Å². The summed E-state index contributed by atoms with van der Waals surface area (Å²) in [6.45, 7) is 4.39. The van der Waals surface area contributed by atoms with Crippen molar-refractivity contribution in [1.82, 2.24) is 0 Å². The van der Waals surface area contributed by atoms with Crippen molar-refractivity contribution in [2.75, 3.05) is 18.1 Å². The summed E-state index contributed by atoms with van der Waals surface area (Å²) in [7, 11) is 0. The second kappa shape index (κ2) is 5.14. The van der Waals surface area contributed by atoms with E-state index in [4.69, 9.17) is 9.84 Å². The Hall–Kier alpha value is -2.30. The predicted molar refractivity (Wildman–Crippen MR) is 70.7 cm³/mol. The Bertz CT molecular complexity index is 559. The van der Waals surface area contributed by atoms with Gasteiger partial charge in [0, 0.05) is 6.08 Å². The fraction of sp³-hybridized carbons (Fsp3) is 0.286. The number of rotatable bonds is 2. The first kappa shape index (κ1) is 13.1. The van der Waals surface area contributed by atoms with E-state index in [2.05, 4.69) is 0 Å². The van der Waals surface area contributed by atoms with Gasteiger partial charge in [-0.25, -0.2) is 4.79 Å². The minimum Gasteiger partial charge on any atom is -0.489 e. The Kier molecular flexibility index (Phi) is 3.55. The van der Waals surface area contributed by atoms with E-state index in [1.807, 2.05) is 13.8 Å². The minimum absolute atomic E-state index is 0.0761. The fourth-order valence-electron chi connectivity index (χ4n) is 1.97. The lowest BCUT2D eigenvalue weighted by Gasteiger charge is -2.29. The maximum absolute atomic E-state index is 12.1. The van der Waals surface area contributed by atoms with Gasteiger partial charge >= 0.3 is 5.97 Å². The van der Waals surface area contributed by atoms with E-state index in [1.165, 1.54) is 17.0 Å². The molecule has 1 aliphatic rings. The highest BCUT2D eigenvalue weighted by atomic mass is 16.5. The normalized spacial score (nSPS) is 13.3. The number of anilines is 1. The number of hydrogen-bond acceptors (Lipinski definition) is 3. The number of benzene rings is 1. The molecule has 0 atom stereocenters. The molecule has 0 aromatic heterocycles. The van der Waals surface area contributed by atoms with Gasteiger partial charge in [0.15, 0.2) is 5.75 Å². The lowest BCUT2D eigenvalue weighted by Crippen LogP contribution is -2.37. The van der Waals surface area contributed by atoms with Crippen LogP contribution in [0.5, 0.6) is 5.75 Å². The maximum Gasteiger partial charge on any atom is 0.339 e. The molecular formula is C14H15NO4. The van der Waals surface area contributed by atoms with Crippen LogP contribution in [0, 0.1) is 0 Å². The van der Waals surface area contributed by atoms with Gasteiger partial charge in [-0.1, -0.05) is 11.6 Å². The minimum atomic E-state index is -1.06. The monoisotopic (exact) mass is 261 g/mol. The van der Waals surface area contributed by atoms with Crippen molar-refractivity contribution in [3.05, 3.63) is 35.4 Å². The molecule has 0 saturated carbocycles. The third-order valence-corrected chi connectivity index (χ3v) is 2.75. The van der Waals surface area contributed by atoms with E-state index in [9.17, 15) is 9.59 Å². The molecule has 0 fully saturated rings. The number of aromatic carboxylic acids is 1. The first-order chi connectivity index (χ1) is 9.00. The van der Waals surface area contributed by atoms with E-state index in [0.29, 0.717) is 18.8 Å². The SMILES string of the molecule is CC(C)=CC(=O)N1CCOc2c(C(=O)O)cccc21. The van der Waals surface area contributed by atoms with Crippen LogP contribution in [0.2, 0.25) is 0 Å². The van der Waals surface area contributed by atoms with E-state index in [-0.39, 0.29) is 17.2 Å². The van der Waals surface area contributed by atoms with Crippen LogP contribution in [-0.4, -0.2) is 30.1 Å². The molecular weight excluding hydrogens is 246 g/mol. The molecule has 1 N–H and O–H groups in total. The summed E-state index contributed by atoms with van der Waals surface area (Å²) in [5, 5.41) is 9.12. The van der Waals surface area contributed by atoms with Crippen LogP contribution in [-0.2, 0) is 4.79 Å². The van der Waals surface area contributed by atoms with Crippen molar-refractivity contribution in [1.29, 1.82) is 0 Å². The lowest BCUT2D eigenvalue weighted by atomic mass is 10.1. The topological polar surface area (TPSA) is 66.8 Å². The van der Waals surface area contributed by atoms with Crippen LogP contribution >= 0.6 is 0 Å².